The van der Waals surface area contributed by atoms with E-state index in [-0.39, 0.29) is 6.04 Å². The number of hydrogen-bond donors (Lipinski definition) is 1. The highest BCUT2D eigenvalue weighted by Crippen LogP contribution is 2.20. The van der Waals surface area contributed by atoms with E-state index in [1.165, 1.54) is 0 Å². The minimum absolute atomic E-state index is 0.217. The van der Waals surface area contributed by atoms with E-state index in [1.807, 2.05) is 48.7 Å². The van der Waals surface area contributed by atoms with Gasteiger partial charge in [0.25, 0.3) is 0 Å². The average molecular weight is 282 g/mol. The number of aromatic nitrogens is 3. The lowest BCUT2D eigenvalue weighted by molar-refractivity contribution is 0.452. The van der Waals surface area contributed by atoms with Gasteiger partial charge in [-0.25, -0.2) is 9.97 Å². The summed E-state index contributed by atoms with van der Waals surface area (Å²) in [5.41, 5.74) is 9.25. The van der Waals surface area contributed by atoms with Gasteiger partial charge in [0.15, 0.2) is 0 Å². The molecule has 0 radical (unpaired) electrons. The number of benzene rings is 1. The lowest BCUT2D eigenvalue weighted by Gasteiger charge is -2.14. The van der Waals surface area contributed by atoms with Gasteiger partial charge in [-0.1, -0.05) is 30.3 Å². The molecule has 2 aromatic heterocycles. The number of imidazole rings is 1. The monoisotopic (exact) mass is 282 g/mol. The van der Waals surface area contributed by atoms with Crippen molar-refractivity contribution in [3.63, 3.8) is 0 Å². The van der Waals surface area contributed by atoms with Crippen LogP contribution in [-0.4, -0.2) is 14.5 Å². The minimum Gasteiger partial charge on any atom is -0.444 e. The molecular weight excluding hydrogens is 264 g/mol. The molecule has 1 aromatic carbocycles. The standard InChI is InChI=1S/C16H18N4O/c1-11-12(2)21-15(19-11)9-20-10-18-8-14(20)16(17)13-6-4-3-5-7-13/h3-8,10,16H,9,17H2,1-2H3. The summed E-state index contributed by atoms with van der Waals surface area (Å²) in [6, 6.07) is 9.76. The zero-order valence-corrected chi connectivity index (χ0v) is 12.2. The van der Waals surface area contributed by atoms with Crippen LogP contribution >= 0.6 is 0 Å². The van der Waals surface area contributed by atoms with Gasteiger partial charge in [-0.2, -0.15) is 0 Å². The first-order valence-corrected chi connectivity index (χ1v) is 6.88. The van der Waals surface area contributed by atoms with Crippen LogP contribution in [0.4, 0.5) is 0 Å². The van der Waals surface area contributed by atoms with Crippen molar-refractivity contribution in [2.75, 3.05) is 0 Å². The SMILES string of the molecule is Cc1nc(Cn2cncc2C(N)c2ccccc2)oc1C. The van der Waals surface area contributed by atoms with E-state index in [9.17, 15) is 0 Å². The van der Waals surface area contributed by atoms with Crippen LogP contribution in [0, 0.1) is 13.8 Å². The number of hydrogen-bond acceptors (Lipinski definition) is 4. The Bertz CT molecular complexity index is 710. The molecule has 0 saturated carbocycles. The maximum atomic E-state index is 6.34. The lowest BCUT2D eigenvalue weighted by atomic mass is 10.1. The van der Waals surface area contributed by atoms with Crippen LogP contribution in [0.3, 0.4) is 0 Å². The van der Waals surface area contributed by atoms with Crippen LogP contribution in [0.25, 0.3) is 0 Å². The van der Waals surface area contributed by atoms with Gasteiger partial charge < -0.3 is 14.7 Å². The van der Waals surface area contributed by atoms with E-state index in [0.29, 0.717) is 12.4 Å². The van der Waals surface area contributed by atoms with Gasteiger partial charge in [0.05, 0.1) is 30.0 Å². The summed E-state index contributed by atoms with van der Waals surface area (Å²) in [7, 11) is 0. The average Bonchev–Trinajstić information content (AvgIpc) is 3.07. The zero-order valence-electron chi connectivity index (χ0n) is 12.2. The van der Waals surface area contributed by atoms with Gasteiger partial charge in [-0.15, -0.1) is 0 Å². The van der Waals surface area contributed by atoms with Crippen molar-refractivity contribution in [3.05, 3.63) is 71.5 Å². The molecule has 3 rings (SSSR count). The Kier molecular flexibility index (Phi) is 3.58. The van der Waals surface area contributed by atoms with Crippen LogP contribution in [0.5, 0.6) is 0 Å². The van der Waals surface area contributed by atoms with Crippen molar-refractivity contribution in [1.82, 2.24) is 14.5 Å². The molecule has 21 heavy (non-hydrogen) atoms. The zero-order chi connectivity index (χ0) is 14.8. The van der Waals surface area contributed by atoms with Crippen LogP contribution in [0.2, 0.25) is 0 Å². The largest absolute Gasteiger partial charge is 0.444 e. The summed E-state index contributed by atoms with van der Waals surface area (Å²) in [6.45, 7) is 4.38. The molecule has 3 aromatic rings. The highest BCUT2D eigenvalue weighted by molar-refractivity contribution is 5.26. The Labute approximate surface area is 123 Å². The van der Waals surface area contributed by atoms with Crippen molar-refractivity contribution >= 4 is 0 Å². The number of nitrogens with zero attached hydrogens (tertiary/aromatic N) is 3. The molecule has 5 nitrogen and oxygen atoms in total. The summed E-state index contributed by atoms with van der Waals surface area (Å²) >= 11 is 0. The van der Waals surface area contributed by atoms with E-state index in [1.54, 1.807) is 12.5 Å². The van der Waals surface area contributed by atoms with Crippen LogP contribution in [-0.2, 0) is 6.54 Å². The molecule has 2 N–H and O–H groups in total. The molecule has 0 amide bonds. The molecule has 0 saturated heterocycles. The minimum atomic E-state index is -0.217. The normalized spacial score (nSPS) is 12.5. The number of oxazole rings is 1. The second-order valence-electron chi connectivity index (χ2n) is 5.08. The Morgan fingerprint density at radius 3 is 2.67 bits per heavy atom. The highest BCUT2D eigenvalue weighted by Gasteiger charge is 2.15. The van der Waals surface area contributed by atoms with Gasteiger partial charge in [-0.05, 0) is 19.4 Å². The van der Waals surface area contributed by atoms with E-state index in [0.717, 1.165) is 22.7 Å². The Balaban J connectivity index is 1.87. The smallest absolute Gasteiger partial charge is 0.214 e. The van der Waals surface area contributed by atoms with Crippen LogP contribution in [0.1, 0.15) is 34.6 Å². The maximum absolute atomic E-state index is 6.34. The Morgan fingerprint density at radius 1 is 1.24 bits per heavy atom. The summed E-state index contributed by atoms with van der Waals surface area (Å²) in [5, 5.41) is 0. The molecular formula is C16H18N4O. The predicted molar refractivity (Wildman–Crippen MR) is 79.8 cm³/mol. The fourth-order valence-electron chi connectivity index (χ4n) is 2.31. The quantitative estimate of drug-likeness (QED) is 0.798. The highest BCUT2D eigenvalue weighted by atomic mass is 16.4. The molecule has 108 valence electrons. The van der Waals surface area contributed by atoms with E-state index in [4.69, 9.17) is 10.2 Å². The first-order chi connectivity index (χ1) is 10.1. The van der Waals surface area contributed by atoms with Crippen LogP contribution in [0.15, 0.2) is 47.3 Å². The fourth-order valence-corrected chi connectivity index (χ4v) is 2.31. The van der Waals surface area contributed by atoms with Crippen molar-refractivity contribution in [2.24, 2.45) is 5.73 Å². The van der Waals surface area contributed by atoms with E-state index < -0.39 is 0 Å². The second kappa shape index (κ2) is 5.54. The number of nitrogens with two attached hydrogens (primary N) is 1. The Hall–Kier alpha value is -2.40. The maximum Gasteiger partial charge on any atom is 0.214 e. The summed E-state index contributed by atoms with van der Waals surface area (Å²) in [4.78, 5) is 8.61. The number of aryl methyl sites for hydroxylation is 2. The van der Waals surface area contributed by atoms with E-state index >= 15 is 0 Å². The summed E-state index contributed by atoms with van der Waals surface area (Å²) in [6.07, 6.45) is 3.55. The molecule has 0 aliphatic heterocycles. The lowest BCUT2D eigenvalue weighted by Crippen LogP contribution is -2.17. The van der Waals surface area contributed by atoms with Crippen molar-refractivity contribution in [3.8, 4) is 0 Å². The first-order valence-electron chi connectivity index (χ1n) is 6.88. The van der Waals surface area contributed by atoms with Gasteiger partial charge >= 0.3 is 0 Å². The molecule has 0 aliphatic carbocycles. The third-order valence-corrected chi connectivity index (χ3v) is 3.60. The van der Waals surface area contributed by atoms with Crippen molar-refractivity contribution in [2.45, 2.75) is 26.4 Å². The molecule has 1 atom stereocenters. The molecule has 1 unspecified atom stereocenters. The third-order valence-electron chi connectivity index (χ3n) is 3.60. The van der Waals surface area contributed by atoms with Gasteiger partial charge in [0.2, 0.25) is 5.89 Å². The van der Waals surface area contributed by atoms with E-state index in [2.05, 4.69) is 9.97 Å². The van der Waals surface area contributed by atoms with Gasteiger partial charge in [0, 0.05) is 0 Å². The predicted octanol–water partition coefficient (Wildman–Crippen LogP) is 2.58. The van der Waals surface area contributed by atoms with Crippen LogP contribution < -0.4 is 5.73 Å². The topological polar surface area (TPSA) is 69.9 Å². The third kappa shape index (κ3) is 2.73. The molecule has 0 fully saturated rings. The number of rotatable bonds is 4. The van der Waals surface area contributed by atoms with Crippen molar-refractivity contribution < 1.29 is 4.42 Å². The molecule has 5 heteroatoms. The first kappa shape index (κ1) is 13.6. The molecule has 2 heterocycles. The summed E-state index contributed by atoms with van der Waals surface area (Å²) < 4.78 is 7.60. The second-order valence-corrected chi connectivity index (χ2v) is 5.08. The fraction of sp³-hybridized carbons (Fsp3) is 0.250. The molecule has 0 bridgehead atoms. The summed E-state index contributed by atoms with van der Waals surface area (Å²) in [5.74, 6) is 1.52. The van der Waals surface area contributed by atoms with Gasteiger partial charge in [-0.3, -0.25) is 0 Å². The van der Waals surface area contributed by atoms with Crippen molar-refractivity contribution in [1.29, 1.82) is 0 Å². The molecule has 0 aliphatic rings. The Morgan fingerprint density at radius 2 is 2.00 bits per heavy atom. The molecule has 0 spiro atoms. The van der Waals surface area contributed by atoms with Gasteiger partial charge in [0.1, 0.15) is 12.3 Å².